The minimum absolute atomic E-state index is 0.198. The van der Waals surface area contributed by atoms with Crippen LogP contribution in [0, 0.1) is 0 Å². The topological polar surface area (TPSA) is 76.0 Å². The maximum absolute atomic E-state index is 12.9. The molecule has 2 aromatic carbocycles. The summed E-state index contributed by atoms with van der Waals surface area (Å²) in [6.07, 6.45) is 1.54. The number of rotatable bonds is 5. The Balaban J connectivity index is 1.81. The van der Waals surface area contributed by atoms with Crippen molar-refractivity contribution in [1.29, 1.82) is 0 Å². The Morgan fingerprint density at radius 1 is 0.889 bits per heavy atom. The molecule has 0 aliphatic heterocycles. The lowest BCUT2D eigenvalue weighted by Crippen LogP contribution is -2.20. The number of benzene rings is 2. The molecule has 0 aliphatic carbocycles. The lowest BCUT2D eigenvalue weighted by atomic mass is 9.92. The number of hydrogen-bond acceptors (Lipinski definition) is 4. The minimum Gasteiger partial charge on any atom is -0.356 e. The monoisotopic (exact) mass is 384 g/mol. The molecule has 142 valence electrons. The predicted octanol–water partition coefficient (Wildman–Crippen LogP) is 4.26. The van der Waals surface area contributed by atoms with Crippen molar-refractivity contribution in [3.8, 4) is 0 Å². The molecule has 2 N–H and O–H groups in total. The van der Waals surface area contributed by atoms with Gasteiger partial charge in [-0.25, -0.2) is 8.42 Å². The van der Waals surface area contributed by atoms with E-state index in [1.807, 2.05) is 63.2 Å². The second-order valence-electron chi connectivity index (χ2n) is 7.44. The van der Waals surface area contributed by atoms with E-state index in [4.69, 9.17) is 0 Å². The number of nitrogens with one attached hydrogen (secondary N) is 2. The molecule has 1 aromatic heterocycles. The van der Waals surface area contributed by atoms with Gasteiger partial charge in [0.2, 0.25) is 0 Å². The van der Waals surface area contributed by atoms with E-state index >= 15 is 0 Å². The molecule has 0 fully saturated rings. The third kappa shape index (κ3) is 4.49. The second-order valence-corrected chi connectivity index (χ2v) is 9.09. The molecule has 0 unspecified atom stereocenters. The highest BCUT2D eigenvalue weighted by Gasteiger charge is 2.29. The van der Waals surface area contributed by atoms with Gasteiger partial charge in [-0.1, -0.05) is 39.0 Å². The lowest BCUT2D eigenvalue weighted by Gasteiger charge is -2.18. The Kier molecular flexibility index (Phi) is 4.97. The molecular formula is C20H24N4O2S. The quantitative estimate of drug-likeness (QED) is 0.689. The SMILES string of the molecule is Cn1cc(S(=O)(=O)Nc2ccc(Nc3ccccc3)cc2)c(C(C)(C)C)n1. The van der Waals surface area contributed by atoms with Gasteiger partial charge >= 0.3 is 0 Å². The van der Waals surface area contributed by atoms with Crippen LogP contribution in [0.3, 0.4) is 0 Å². The van der Waals surface area contributed by atoms with Crippen LogP contribution < -0.4 is 10.0 Å². The maximum Gasteiger partial charge on any atom is 0.265 e. The highest BCUT2D eigenvalue weighted by atomic mass is 32.2. The van der Waals surface area contributed by atoms with Gasteiger partial charge in [0.1, 0.15) is 4.90 Å². The molecule has 0 atom stereocenters. The van der Waals surface area contributed by atoms with E-state index < -0.39 is 10.0 Å². The Morgan fingerprint density at radius 3 is 2.04 bits per heavy atom. The first-order valence-electron chi connectivity index (χ1n) is 8.64. The molecular weight excluding hydrogens is 360 g/mol. The van der Waals surface area contributed by atoms with Crippen LogP contribution in [0.15, 0.2) is 65.7 Å². The fraction of sp³-hybridized carbons (Fsp3) is 0.250. The van der Waals surface area contributed by atoms with E-state index in [9.17, 15) is 8.42 Å². The van der Waals surface area contributed by atoms with Crippen LogP contribution in [0.5, 0.6) is 0 Å². The molecule has 7 heteroatoms. The van der Waals surface area contributed by atoms with Gasteiger partial charge in [0.05, 0.1) is 5.69 Å². The van der Waals surface area contributed by atoms with E-state index in [2.05, 4.69) is 15.1 Å². The second kappa shape index (κ2) is 7.08. The zero-order valence-electron chi connectivity index (χ0n) is 15.9. The van der Waals surface area contributed by atoms with Crippen LogP contribution in [0.2, 0.25) is 0 Å². The summed E-state index contributed by atoms with van der Waals surface area (Å²) in [5, 5.41) is 7.61. The van der Waals surface area contributed by atoms with E-state index in [1.165, 1.54) is 10.9 Å². The van der Waals surface area contributed by atoms with E-state index in [1.54, 1.807) is 19.2 Å². The normalized spacial score (nSPS) is 12.0. The molecule has 27 heavy (non-hydrogen) atoms. The van der Waals surface area contributed by atoms with Crippen LogP contribution in [0.4, 0.5) is 17.1 Å². The minimum atomic E-state index is -3.73. The fourth-order valence-corrected chi connectivity index (χ4v) is 4.15. The third-order valence-corrected chi connectivity index (χ3v) is 5.38. The number of hydrogen-bond donors (Lipinski definition) is 2. The zero-order chi connectivity index (χ0) is 19.7. The van der Waals surface area contributed by atoms with Gasteiger partial charge in [0.25, 0.3) is 10.0 Å². The van der Waals surface area contributed by atoms with Gasteiger partial charge in [-0.2, -0.15) is 5.10 Å². The first-order valence-corrected chi connectivity index (χ1v) is 10.1. The van der Waals surface area contributed by atoms with Crippen LogP contribution in [-0.4, -0.2) is 18.2 Å². The van der Waals surface area contributed by atoms with Crippen LogP contribution in [0.1, 0.15) is 26.5 Å². The summed E-state index contributed by atoms with van der Waals surface area (Å²) in [6, 6.07) is 16.9. The standard InChI is InChI=1S/C20H24N4O2S/c1-20(2,3)19-18(14-24(4)22-19)27(25,26)23-17-12-10-16(11-13-17)21-15-8-6-5-7-9-15/h5-14,21,23H,1-4H3. The fourth-order valence-electron chi connectivity index (χ4n) is 2.70. The molecule has 0 aliphatic rings. The van der Waals surface area contributed by atoms with Crippen molar-refractivity contribution in [2.45, 2.75) is 31.1 Å². The van der Waals surface area contributed by atoms with Crippen molar-refractivity contribution < 1.29 is 8.42 Å². The summed E-state index contributed by atoms with van der Waals surface area (Å²) >= 11 is 0. The Bertz CT molecular complexity index is 1020. The molecule has 3 aromatic rings. The predicted molar refractivity (Wildman–Crippen MR) is 109 cm³/mol. The van der Waals surface area contributed by atoms with Crippen LogP contribution in [-0.2, 0) is 22.5 Å². The van der Waals surface area contributed by atoms with Crippen LogP contribution in [0.25, 0.3) is 0 Å². The summed E-state index contributed by atoms with van der Waals surface area (Å²) in [5.41, 5.74) is 2.50. The molecule has 0 saturated carbocycles. The van der Waals surface area contributed by atoms with Gasteiger partial charge < -0.3 is 5.32 Å². The number of sulfonamides is 1. The summed E-state index contributed by atoms with van der Waals surface area (Å²) in [5.74, 6) is 0. The summed E-state index contributed by atoms with van der Waals surface area (Å²) < 4.78 is 29.9. The lowest BCUT2D eigenvalue weighted by molar-refractivity contribution is 0.539. The Morgan fingerprint density at radius 2 is 1.44 bits per heavy atom. The van der Waals surface area contributed by atoms with E-state index in [-0.39, 0.29) is 10.3 Å². The number of para-hydroxylation sites is 1. The van der Waals surface area contributed by atoms with Gasteiger partial charge in [-0.3, -0.25) is 9.40 Å². The molecule has 0 saturated heterocycles. The first-order chi connectivity index (χ1) is 12.6. The number of aryl methyl sites for hydroxylation is 1. The van der Waals surface area contributed by atoms with E-state index in [0.29, 0.717) is 11.4 Å². The number of nitrogens with zero attached hydrogens (tertiary/aromatic N) is 2. The largest absolute Gasteiger partial charge is 0.356 e. The molecule has 6 nitrogen and oxygen atoms in total. The molecule has 0 bridgehead atoms. The summed E-state index contributed by atoms with van der Waals surface area (Å²) in [4.78, 5) is 0.198. The zero-order valence-corrected chi connectivity index (χ0v) is 16.7. The van der Waals surface area contributed by atoms with Gasteiger partial charge in [0.15, 0.2) is 0 Å². The van der Waals surface area contributed by atoms with Crippen molar-refractivity contribution in [3.63, 3.8) is 0 Å². The van der Waals surface area contributed by atoms with Crippen molar-refractivity contribution >= 4 is 27.1 Å². The molecule has 0 spiro atoms. The molecule has 1 heterocycles. The van der Waals surface area contributed by atoms with Gasteiger partial charge in [-0.15, -0.1) is 0 Å². The smallest absolute Gasteiger partial charge is 0.265 e. The van der Waals surface area contributed by atoms with E-state index in [0.717, 1.165) is 11.4 Å². The Labute approximate surface area is 160 Å². The molecule has 3 rings (SSSR count). The van der Waals surface area contributed by atoms with Gasteiger partial charge in [-0.05, 0) is 36.4 Å². The average molecular weight is 385 g/mol. The Hall–Kier alpha value is -2.80. The van der Waals surface area contributed by atoms with Crippen molar-refractivity contribution in [1.82, 2.24) is 9.78 Å². The van der Waals surface area contributed by atoms with Crippen LogP contribution >= 0.6 is 0 Å². The number of anilines is 3. The van der Waals surface area contributed by atoms with Crippen molar-refractivity contribution in [2.24, 2.45) is 7.05 Å². The molecule has 0 radical (unpaired) electrons. The van der Waals surface area contributed by atoms with Crippen molar-refractivity contribution in [3.05, 3.63) is 66.5 Å². The maximum atomic E-state index is 12.9. The summed E-state index contributed by atoms with van der Waals surface area (Å²) in [6.45, 7) is 5.83. The van der Waals surface area contributed by atoms with Crippen molar-refractivity contribution in [2.75, 3.05) is 10.0 Å². The number of aromatic nitrogens is 2. The highest BCUT2D eigenvalue weighted by Crippen LogP contribution is 2.29. The summed E-state index contributed by atoms with van der Waals surface area (Å²) in [7, 11) is -2.01. The average Bonchev–Trinajstić information content (AvgIpc) is 3.01. The molecule has 0 amide bonds. The highest BCUT2D eigenvalue weighted by molar-refractivity contribution is 7.92. The van der Waals surface area contributed by atoms with Gasteiger partial charge in [0, 0.05) is 35.7 Å². The third-order valence-electron chi connectivity index (χ3n) is 3.99. The first kappa shape index (κ1) is 19.0.